The van der Waals surface area contributed by atoms with Gasteiger partial charge in [0.25, 0.3) is 0 Å². The maximum atomic E-state index is 9.00. The average Bonchev–Trinajstić information content (AvgIpc) is 2.04. The quantitative estimate of drug-likeness (QED) is 0.584. The fourth-order valence-corrected chi connectivity index (χ4v) is 1.72. The first kappa shape index (κ1) is 8.97. The predicted octanol–water partition coefficient (Wildman–Crippen LogP) is -0.210. The van der Waals surface area contributed by atoms with E-state index in [4.69, 9.17) is 10.8 Å². The predicted molar refractivity (Wildman–Crippen MR) is 45.3 cm³/mol. The van der Waals surface area contributed by atoms with Crippen LogP contribution in [0.2, 0.25) is 0 Å². The van der Waals surface area contributed by atoms with E-state index in [1.807, 2.05) is 0 Å². The van der Waals surface area contributed by atoms with Crippen LogP contribution < -0.4 is 5.73 Å². The maximum Gasteiger partial charge on any atom is 0.0586 e. The Kier molecular flexibility index (Phi) is 3.30. The molecule has 66 valence electrons. The van der Waals surface area contributed by atoms with E-state index in [-0.39, 0.29) is 6.61 Å². The summed E-state index contributed by atoms with van der Waals surface area (Å²) in [6.45, 7) is 4.34. The second-order valence-electron chi connectivity index (χ2n) is 3.26. The minimum atomic E-state index is 0.278. The molecule has 1 rings (SSSR count). The Hall–Kier alpha value is -0.120. The van der Waals surface area contributed by atoms with Gasteiger partial charge in [-0.2, -0.15) is 0 Å². The number of aliphatic hydroxyl groups is 1. The summed E-state index contributed by atoms with van der Waals surface area (Å²) >= 11 is 0. The van der Waals surface area contributed by atoms with Crippen LogP contribution in [0.4, 0.5) is 0 Å². The third-order valence-corrected chi connectivity index (χ3v) is 2.47. The van der Waals surface area contributed by atoms with Crippen LogP contribution in [-0.4, -0.2) is 41.8 Å². The van der Waals surface area contributed by atoms with E-state index in [1.165, 1.54) is 0 Å². The highest BCUT2D eigenvalue weighted by Gasteiger charge is 2.23. The summed E-state index contributed by atoms with van der Waals surface area (Å²) in [4.78, 5) is 2.26. The van der Waals surface area contributed by atoms with Crippen molar-refractivity contribution in [2.45, 2.75) is 31.8 Å². The first-order chi connectivity index (χ1) is 5.27. The molecule has 0 amide bonds. The standard InChI is InChI=1S/C8H18N2O/c1-2-10-5-7(9)3-4-8(10)6-11/h7-8,11H,2-6,9H2,1H3. The lowest BCUT2D eigenvalue weighted by atomic mass is 9.99. The second-order valence-corrected chi connectivity index (χ2v) is 3.26. The van der Waals surface area contributed by atoms with Crippen LogP contribution in [0, 0.1) is 0 Å². The largest absolute Gasteiger partial charge is 0.395 e. The zero-order valence-electron chi connectivity index (χ0n) is 7.16. The second kappa shape index (κ2) is 4.04. The van der Waals surface area contributed by atoms with E-state index in [1.54, 1.807) is 0 Å². The normalized spacial score (nSPS) is 34.1. The Morgan fingerprint density at radius 2 is 2.27 bits per heavy atom. The van der Waals surface area contributed by atoms with Gasteiger partial charge in [-0.15, -0.1) is 0 Å². The monoisotopic (exact) mass is 158 g/mol. The van der Waals surface area contributed by atoms with E-state index in [2.05, 4.69) is 11.8 Å². The van der Waals surface area contributed by atoms with Gasteiger partial charge in [-0.1, -0.05) is 6.92 Å². The molecule has 0 spiro atoms. The number of aliphatic hydroxyl groups excluding tert-OH is 1. The number of rotatable bonds is 2. The third kappa shape index (κ3) is 2.15. The first-order valence-corrected chi connectivity index (χ1v) is 4.38. The number of hydrogen-bond acceptors (Lipinski definition) is 3. The van der Waals surface area contributed by atoms with Crippen molar-refractivity contribution in [3.05, 3.63) is 0 Å². The molecule has 1 heterocycles. The van der Waals surface area contributed by atoms with Crippen LogP contribution in [0.5, 0.6) is 0 Å². The number of piperidine rings is 1. The molecule has 0 radical (unpaired) electrons. The van der Waals surface area contributed by atoms with Crippen molar-refractivity contribution < 1.29 is 5.11 Å². The summed E-state index contributed by atoms with van der Waals surface area (Å²) in [6, 6.07) is 0.678. The molecule has 2 unspecified atom stereocenters. The van der Waals surface area contributed by atoms with Gasteiger partial charge in [0.15, 0.2) is 0 Å². The molecule has 1 aliphatic rings. The molecule has 2 atom stereocenters. The summed E-state index contributed by atoms with van der Waals surface area (Å²) in [6.07, 6.45) is 2.10. The number of likely N-dealkylation sites (tertiary alicyclic amines) is 1. The zero-order valence-corrected chi connectivity index (χ0v) is 7.16. The van der Waals surface area contributed by atoms with Gasteiger partial charge in [0, 0.05) is 18.6 Å². The highest BCUT2D eigenvalue weighted by molar-refractivity contribution is 4.81. The molecule has 0 bridgehead atoms. The summed E-state index contributed by atoms with van der Waals surface area (Å²) in [5, 5.41) is 9.00. The molecule has 1 saturated heterocycles. The average molecular weight is 158 g/mol. The lowest BCUT2D eigenvalue weighted by molar-refractivity contribution is 0.0862. The van der Waals surface area contributed by atoms with Crippen molar-refractivity contribution in [2.75, 3.05) is 19.7 Å². The van der Waals surface area contributed by atoms with E-state index < -0.39 is 0 Å². The molecular formula is C8H18N2O. The van der Waals surface area contributed by atoms with Gasteiger partial charge >= 0.3 is 0 Å². The van der Waals surface area contributed by atoms with Crippen molar-refractivity contribution in [2.24, 2.45) is 5.73 Å². The molecule has 3 N–H and O–H groups in total. The topological polar surface area (TPSA) is 49.5 Å². The van der Waals surface area contributed by atoms with Crippen LogP contribution in [0.25, 0.3) is 0 Å². The summed E-state index contributed by atoms with van der Waals surface area (Å²) in [5.74, 6) is 0. The molecule has 0 aromatic carbocycles. The molecule has 3 nitrogen and oxygen atoms in total. The summed E-state index contributed by atoms with van der Waals surface area (Å²) in [7, 11) is 0. The SMILES string of the molecule is CCN1CC(N)CCC1CO. The first-order valence-electron chi connectivity index (χ1n) is 4.38. The van der Waals surface area contributed by atoms with Gasteiger partial charge in [0.2, 0.25) is 0 Å². The van der Waals surface area contributed by atoms with Crippen LogP contribution >= 0.6 is 0 Å². The Labute approximate surface area is 68.2 Å². The minimum absolute atomic E-state index is 0.278. The number of likely N-dealkylation sites (N-methyl/N-ethyl adjacent to an activating group) is 1. The molecule has 11 heavy (non-hydrogen) atoms. The Morgan fingerprint density at radius 3 is 2.82 bits per heavy atom. The molecular weight excluding hydrogens is 140 g/mol. The number of nitrogens with two attached hydrogens (primary N) is 1. The van der Waals surface area contributed by atoms with Crippen molar-refractivity contribution in [1.29, 1.82) is 0 Å². The van der Waals surface area contributed by atoms with Gasteiger partial charge in [-0.05, 0) is 19.4 Å². The van der Waals surface area contributed by atoms with Crippen molar-refractivity contribution in [1.82, 2.24) is 4.90 Å². The van der Waals surface area contributed by atoms with Crippen molar-refractivity contribution >= 4 is 0 Å². The molecule has 0 aliphatic carbocycles. The molecule has 0 saturated carbocycles. The lowest BCUT2D eigenvalue weighted by Gasteiger charge is -2.36. The van der Waals surface area contributed by atoms with E-state index in [9.17, 15) is 0 Å². The van der Waals surface area contributed by atoms with Crippen molar-refractivity contribution in [3.8, 4) is 0 Å². The van der Waals surface area contributed by atoms with E-state index in [0.29, 0.717) is 12.1 Å². The van der Waals surface area contributed by atoms with Crippen LogP contribution in [-0.2, 0) is 0 Å². The highest BCUT2D eigenvalue weighted by atomic mass is 16.3. The number of nitrogens with zero attached hydrogens (tertiary/aromatic N) is 1. The Morgan fingerprint density at radius 1 is 1.55 bits per heavy atom. The van der Waals surface area contributed by atoms with Crippen molar-refractivity contribution in [3.63, 3.8) is 0 Å². The van der Waals surface area contributed by atoms with Gasteiger partial charge in [0.1, 0.15) is 0 Å². The van der Waals surface area contributed by atoms with E-state index >= 15 is 0 Å². The number of hydrogen-bond donors (Lipinski definition) is 2. The zero-order chi connectivity index (χ0) is 8.27. The molecule has 0 aromatic heterocycles. The highest BCUT2D eigenvalue weighted by Crippen LogP contribution is 2.14. The molecule has 3 heteroatoms. The Bertz CT molecular complexity index is 119. The Balaban J connectivity index is 2.41. The maximum absolute atomic E-state index is 9.00. The van der Waals surface area contributed by atoms with Crippen LogP contribution in [0.15, 0.2) is 0 Å². The summed E-state index contributed by atoms with van der Waals surface area (Å²) < 4.78 is 0. The lowest BCUT2D eigenvalue weighted by Crippen LogP contribution is -2.49. The molecule has 1 fully saturated rings. The van der Waals surface area contributed by atoms with Crippen LogP contribution in [0.3, 0.4) is 0 Å². The van der Waals surface area contributed by atoms with Gasteiger partial charge in [-0.25, -0.2) is 0 Å². The van der Waals surface area contributed by atoms with Gasteiger partial charge in [-0.3, -0.25) is 4.90 Å². The summed E-state index contributed by atoms with van der Waals surface area (Å²) in [5.41, 5.74) is 5.79. The van der Waals surface area contributed by atoms with Gasteiger partial charge in [0.05, 0.1) is 6.61 Å². The van der Waals surface area contributed by atoms with Gasteiger partial charge < -0.3 is 10.8 Å². The smallest absolute Gasteiger partial charge is 0.0586 e. The molecule has 1 aliphatic heterocycles. The third-order valence-electron chi connectivity index (χ3n) is 2.47. The van der Waals surface area contributed by atoms with E-state index in [0.717, 1.165) is 25.9 Å². The molecule has 0 aromatic rings. The fourth-order valence-electron chi connectivity index (χ4n) is 1.72. The van der Waals surface area contributed by atoms with Crippen LogP contribution in [0.1, 0.15) is 19.8 Å². The minimum Gasteiger partial charge on any atom is -0.395 e. The fraction of sp³-hybridized carbons (Fsp3) is 1.00.